The predicted octanol–water partition coefficient (Wildman–Crippen LogP) is -4.51. The number of amides is 2. The molecule has 2 aliphatic rings. The molecular formula is C19H30N4O17P2. The summed E-state index contributed by atoms with van der Waals surface area (Å²) < 4.78 is 50.0. The fourth-order valence-electron chi connectivity index (χ4n) is 4.19. The highest BCUT2D eigenvalue weighted by Gasteiger charge is 2.51. The number of ether oxygens (including phenoxy) is 2. The number of phosphoric acid groups is 2. The Kier molecular flexibility index (Phi) is 11.0. The first-order valence-corrected chi connectivity index (χ1v) is 15.0. The monoisotopic (exact) mass is 648 g/mol. The highest BCUT2D eigenvalue weighted by Crippen LogP contribution is 2.61. The molecule has 238 valence electrons. The van der Waals surface area contributed by atoms with Gasteiger partial charge in [-0.05, 0) is 0 Å². The Labute approximate surface area is 235 Å². The number of aliphatic hydroxyl groups excluding tert-OH is 4. The standard InChI is InChI=1S/C19H30N4O17P2/c1-7(25)20-12-13(21-8(2)26)18(38-9(5-24)14(12)28)39-42(34,35)40-41(32,33)36-6-10-15(29)16(30)17(37-10)23-4-3-11(27)22-19(23)31/h3-4,9-10,12-18,24,28-30H,5-6H2,1-2H3,(H,20,25)(H,21,26)(H,32,33)(H,34,35)(H,22,27,31)/t9-,10-,12-,13-,14-,15-,16-,17-,18-/m1/s1. The van der Waals surface area contributed by atoms with Crippen molar-refractivity contribution in [3.05, 3.63) is 33.1 Å². The van der Waals surface area contributed by atoms with Gasteiger partial charge >= 0.3 is 21.3 Å². The first-order valence-electron chi connectivity index (χ1n) is 12.0. The summed E-state index contributed by atoms with van der Waals surface area (Å²) >= 11 is 0. The third-order valence-electron chi connectivity index (χ3n) is 5.97. The largest absolute Gasteiger partial charge is 0.483 e. The van der Waals surface area contributed by atoms with Gasteiger partial charge in [0.15, 0.2) is 12.5 Å². The van der Waals surface area contributed by atoms with Crippen LogP contribution in [0.25, 0.3) is 0 Å². The van der Waals surface area contributed by atoms with Crippen LogP contribution in [0.15, 0.2) is 21.9 Å². The number of carbonyl (C=O) groups excluding carboxylic acids is 2. The SMILES string of the molecule is CC(=O)N[C@H]1[C@@H](OP(=O)(O)OP(=O)(O)OC[C@H]2O[C@@H](n3ccc(=O)[nH]c3=O)[C@H](O)[C@@H]2O)O[C@H](CO)[C@@H](O)[C@@H]1NC(C)=O. The van der Waals surface area contributed by atoms with Crippen LogP contribution < -0.4 is 21.9 Å². The van der Waals surface area contributed by atoms with Crippen LogP contribution in [0.2, 0.25) is 0 Å². The Hall–Kier alpha value is -2.36. The Bertz CT molecular complexity index is 1350. The van der Waals surface area contributed by atoms with E-state index in [1.54, 1.807) is 0 Å². The molecule has 23 heteroatoms. The molecule has 0 aromatic carbocycles. The molecule has 2 saturated heterocycles. The number of hydrogen-bond donors (Lipinski definition) is 9. The molecule has 2 aliphatic heterocycles. The van der Waals surface area contributed by atoms with Gasteiger partial charge in [0, 0.05) is 26.1 Å². The van der Waals surface area contributed by atoms with Gasteiger partial charge in [0.05, 0.1) is 19.3 Å². The molecule has 42 heavy (non-hydrogen) atoms. The molecule has 2 fully saturated rings. The van der Waals surface area contributed by atoms with E-state index in [1.165, 1.54) is 0 Å². The van der Waals surface area contributed by atoms with Gasteiger partial charge in [-0.25, -0.2) is 13.9 Å². The lowest BCUT2D eigenvalue weighted by Crippen LogP contribution is -2.69. The van der Waals surface area contributed by atoms with E-state index in [2.05, 4.69) is 19.5 Å². The van der Waals surface area contributed by atoms with Crippen LogP contribution in [-0.2, 0) is 41.6 Å². The molecule has 1 aromatic heterocycles. The molecule has 9 N–H and O–H groups in total. The lowest BCUT2D eigenvalue weighted by atomic mass is 9.94. The van der Waals surface area contributed by atoms with Crippen molar-refractivity contribution < 1.29 is 71.8 Å². The lowest BCUT2D eigenvalue weighted by Gasteiger charge is -2.44. The molecule has 11 atom stereocenters. The predicted molar refractivity (Wildman–Crippen MR) is 132 cm³/mol. The van der Waals surface area contributed by atoms with Gasteiger partial charge < -0.3 is 50.3 Å². The highest BCUT2D eigenvalue weighted by molar-refractivity contribution is 7.61. The van der Waals surface area contributed by atoms with Crippen LogP contribution in [-0.4, -0.2) is 114 Å². The second kappa shape index (κ2) is 13.5. The second-order valence-corrected chi connectivity index (χ2v) is 12.1. The van der Waals surface area contributed by atoms with Crippen molar-refractivity contribution in [2.45, 2.75) is 69.0 Å². The van der Waals surface area contributed by atoms with Gasteiger partial charge in [0.1, 0.15) is 36.6 Å². The number of aliphatic hydroxyl groups is 4. The van der Waals surface area contributed by atoms with Crippen molar-refractivity contribution in [3.8, 4) is 0 Å². The summed E-state index contributed by atoms with van der Waals surface area (Å²) in [5, 5.41) is 45.0. The molecule has 0 saturated carbocycles. The highest BCUT2D eigenvalue weighted by atomic mass is 31.3. The van der Waals surface area contributed by atoms with Crippen LogP contribution in [0.1, 0.15) is 20.1 Å². The maximum Gasteiger partial charge on any atom is 0.483 e. The average molecular weight is 648 g/mol. The Balaban J connectivity index is 1.70. The van der Waals surface area contributed by atoms with Gasteiger partial charge in [0.25, 0.3) is 5.56 Å². The zero-order valence-electron chi connectivity index (χ0n) is 21.8. The summed E-state index contributed by atoms with van der Waals surface area (Å²) in [6.45, 7) is 0.148. The number of H-pyrrole nitrogens is 1. The molecule has 3 rings (SSSR count). The Morgan fingerprint density at radius 2 is 1.60 bits per heavy atom. The van der Waals surface area contributed by atoms with Crippen molar-refractivity contribution in [2.75, 3.05) is 13.2 Å². The normalized spacial score (nSPS) is 34.2. The number of hydrogen-bond acceptors (Lipinski definition) is 15. The summed E-state index contributed by atoms with van der Waals surface area (Å²) in [7, 11) is -11.2. The number of phosphoric ester groups is 2. The molecule has 21 nitrogen and oxygen atoms in total. The molecule has 0 spiro atoms. The van der Waals surface area contributed by atoms with Crippen LogP contribution in [0.5, 0.6) is 0 Å². The van der Waals surface area contributed by atoms with Crippen LogP contribution in [0.4, 0.5) is 0 Å². The van der Waals surface area contributed by atoms with Crippen LogP contribution in [0.3, 0.4) is 0 Å². The number of nitrogens with zero attached hydrogens (tertiary/aromatic N) is 1. The van der Waals surface area contributed by atoms with Gasteiger partial charge in [-0.15, -0.1) is 0 Å². The zero-order valence-corrected chi connectivity index (χ0v) is 23.6. The summed E-state index contributed by atoms with van der Waals surface area (Å²) in [5.74, 6) is -1.48. The zero-order chi connectivity index (χ0) is 31.6. The van der Waals surface area contributed by atoms with E-state index >= 15 is 0 Å². The summed E-state index contributed by atoms with van der Waals surface area (Å²) in [6, 6.07) is -2.09. The molecule has 3 heterocycles. The van der Waals surface area contributed by atoms with Crippen molar-refractivity contribution in [2.24, 2.45) is 0 Å². The maximum absolute atomic E-state index is 12.7. The van der Waals surface area contributed by atoms with Crippen LogP contribution >= 0.6 is 15.6 Å². The molecule has 2 amide bonds. The first kappa shape index (κ1) is 34.1. The Morgan fingerprint density at radius 1 is 0.976 bits per heavy atom. The Morgan fingerprint density at radius 3 is 2.17 bits per heavy atom. The maximum atomic E-state index is 12.7. The van der Waals surface area contributed by atoms with E-state index in [-0.39, 0.29) is 0 Å². The number of aromatic amines is 1. The minimum absolute atomic E-state index is 0.711. The minimum Gasteiger partial charge on any atom is -0.394 e. The molecule has 0 radical (unpaired) electrons. The molecule has 0 bridgehead atoms. The van der Waals surface area contributed by atoms with Crippen molar-refractivity contribution in [1.29, 1.82) is 0 Å². The van der Waals surface area contributed by atoms with Gasteiger partial charge in [-0.1, -0.05) is 0 Å². The summed E-state index contributed by atoms with van der Waals surface area (Å²) in [4.78, 5) is 68.7. The van der Waals surface area contributed by atoms with E-state index in [0.717, 1.165) is 30.7 Å². The molecule has 2 unspecified atom stereocenters. The third-order valence-corrected chi connectivity index (χ3v) is 8.57. The minimum atomic E-state index is -5.66. The van der Waals surface area contributed by atoms with E-state index in [1.807, 2.05) is 4.98 Å². The second-order valence-electron chi connectivity index (χ2n) is 9.15. The van der Waals surface area contributed by atoms with Crippen molar-refractivity contribution >= 4 is 27.5 Å². The number of aromatic nitrogens is 2. The number of nitrogens with one attached hydrogen (secondary N) is 3. The summed E-state index contributed by atoms with van der Waals surface area (Å²) in [5.41, 5.74) is -1.76. The first-order chi connectivity index (χ1) is 19.4. The third kappa shape index (κ3) is 8.38. The van der Waals surface area contributed by atoms with E-state index in [0.29, 0.717) is 0 Å². The number of rotatable bonds is 11. The molecular weight excluding hydrogens is 618 g/mol. The van der Waals surface area contributed by atoms with Crippen LogP contribution in [0, 0.1) is 0 Å². The van der Waals surface area contributed by atoms with E-state index < -0.39 is 107 Å². The van der Waals surface area contributed by atoms with Crippen molar-refractivity contribution in [3.63, 3.8) is 0 Å². The summed E-state index contributed by atoms with van der Waals surface area (Å²) in [6.07, 6.45) is -11.0. The van der Waals surface area contributed by atoms with Gasteiger partial charge in [-0.3, -0.25) is 33.0 Å². The topological polar surface area (TPSA) is 315 Å². The van der Waals surface area contributed by atoms with Gasteiger partial charge in [0.2, 0.25) is 11.8 Å². The fraction of sp³-hybridized carbons (Fsp3) is 0.684. The number of carbonyl (C=O) groups is 2. The lowest BCUT2D eigenvalue weighted by molar-refractivity contribution is -0.224. The van der Waals surface area contributed by atoms with Gasteiger partial charge in [-0.2, -0.15) is 4.31 Å². The van der Waals surface area contributed by atoms with E-state index in [9.17, 15) is 58.5 Å². The van der Waals surface area contributed by atoms with Crippen molar-refractivity contribution in [1.82, 2.24) is 20.2 Å². The smallest absolute Gasteiger partial charge is 0.394 e. The van der Waals surface area contributed by atoms with E-state index in [4.69, 9.17) is 14.0 Å². The fourth-order valence-corrected chi connectivity index (χ4v) is 6.36. The quantitative estimate of drug-likeness (QED) is 0.102. The molecule has 1 aromatic rings. The average Bonchev–Trinajstić information content (AvgIpc) is 3.14. The molecule has 0 aliphatic carbocycles.